The predicted octanol–water partition coefficient (Wildman–Crippen LogP) is 1.73. The van der Waals surface area contributed by atoms with Gasteiger partial charge in [-0.15, -0.1) is 0 Å². The van der Waals surface area contributed by atoms with Crippen molar-refractivity contribution >= 4 is 15.8 Å². The van der Waals surface area contributed by atoms with Gasteiger partial charge in [0, 0.05) is 31.7 Å². The molecule has 3 saturated heterocycles. The quantitative estimate of drug-likeness (QED) is 0.578. The summed E-state index contributed by atoms with van der Waals surface area (Å²) in [6.45, 7) is 9.57. The lowest BCUT2D eigenvalue weighted by Crippen LogP contribution is -2.46. The van der Waals surface area contributed by atoms with E-state index in [0.29, 0.717) is 30.1 Å². The first-order valence-electron chi connectivity index (χ1n) is 10.5. The van der Waals surface area contributed by atoms with Crippen molar-refractivity contribution in [3.05, 3.63) is 0 Å². The Morgan fingerprint density at radius 1 is 1.19 bits per heavy atom. The molecule has 1 N–H and O–H groups in total. The number of hydrogen-bond acceptors (Lipinski definition) is 4. The molecule has 3 aliphatic heterocycles. The zero-order chi connectivity index (χ0) is 18.6. The van der Waals surface area contributed by atoms with Crippen molar-refractivity contribution in [1.29, 1.82) is 0 Å². The maximum absolute atomic E-state index is 11.7. The minimum atomic E-state index is -2.82. The van der Waals surface area contributed by atoms with Crippen LogP contribution in [0, 0.1) is 5.92 Å². The van der Waals surface area contributed by atoms with Crippen molar-refractivity contribution in [2.45, 2.75) is 64.5 Å². The average molecular weight is 385 g/mol. The number of aliphatic imine (C=N–C) groups is 1. The first kappa shape index (κ1) is 19.9. The van der Waals surface area contributed by atoms with Gasteiger partial charge in [0.25, 0.3) is 0 Å². The number of guanidine groups is 1. The Balaban J connectivity index is 1.61. The van der Waals surface area contributed by atoms with E-state index in [1.54, 1.807) is 0 Å². The van der Waals surface area contributed by atoms with Gasteiger partial charge in [-0.1, -0.05) is 13.3 Å². The third kappa shape index (κ3) is 5.35. The predicted molar refractivity (Wildman–Crippen MR) is 107 cm³/mol. The van der Waals surface area contributed by atoms with Crippen LogP contribution in [0.5, 0.6) is 0 Å². The molecule has 0 aliphatic carbocycles. The van der Waals surface area contributed by atoms with Gasteiger partial charge in [-0.05, 0) is 58.0 Å². The smallest absolute Gasteiger partial charge is 0.194 e. The molecule has 3 unspecified atom stereocenters. The van der Waals surface area contributed by atoms with E-state index in [0.717, 1.165) is 31.9 Å². The van der Waals surface area contributed by atoms with Gasteiger partial charge < -0.3 is 10.2 Å². The summed E-state index contributed by atoms with van der Waals surface area (Å²) in [4.78, 5) is 9.93. The Morgan fingerprint density at radius 2 is 1.96 bits per heavy atom. The molecule has 3 heterocycles. The van der Waals surface area contributed by atoms with Gasteiger partial charge in [-0.3, -0.25) is 9.89 Å². The highest BCUT2D eigenvalue weighted by atomic mass is 32.2. The Bertz CT molecular complexity index is 586. The normalized spacial score (nSPS) is 31.3. The topological polar surface area (TPSA) is 65.0 Å². The molecule has 0 saturated carbocycles. The largest absolute Gasteiger partial charge is 0.354 e. The number of nitrogens with zero attached hydrogens (tertiary/aromatic N) is 3. The molecular weight excluding hydrogens is 348 g/mol. The fraction of sp³-hybridized carbons (Fsp3) is 0.947. The van der Waals surface area contributed by atoms with Crippen LogP contribution in [0.2, 0.25) is 0 Å². The Kier molecular flexibility index (Phi) is 6.83. The van der Waals surface area contributed by atoms with Crippen molar-refractivity contribution < 1.29 is 8.42 Å². The highest BCUT2D eigenvalue weighted by Gasteiger charge is 2.31. The summed E-state index contributed by atoms with van der Waals surface area (Å²) in [5.41, 5.74) is 0. The van der Waals surface area contributed by atoms with E-state index in [1.807, 2.05) is 0 Å². The van der Waals surface area contributed by atoms with Crippen LogP contribution in [-0.4, -0.2) is 80.5 Å². The van der Waals surface area contributed by atoms with E-state index in [-0.39, 0.29) is 5.92 Å². The molecule has 6 nitrogen and oxygen atoms in total. The number of hydrogen-bond donors (Lipinski definition) is 1. The van der Waals surface area contributed by atoms with Crippen LogP contribution in [0.4, 0.5) is 0 Å². The molecule has 0 aromatic heterocycles. The van der Waals surface area contributed by atoms with Gasteiger partial charge in [0.1, 0.15) is 0 Å². The lowest BCUT2D eigenvalue weighted by molar-refractivity contribution is 0.168. The number of piperidine rings is 1. The summed E-state index contributed by atoms with van der Waals surface area (Å²) in [5.74, 6) is 1.82. The van der Waals surface area contributed by atoms with Crippen LogP contribution in [0.25, 0.3) is 0 Å². The molecule has 0 amide bonds. The Labute approximate surface area is 159 Å². The second-order valence-corrected chi connectivity index (χ2v) is 10.6. The summed E-state index contributed by atoms with van der Waals surface area (Å²) in [6.07, 6.45) is 7.06. The minimum absolute atomic E-state index is 0.189. The first-order chi connectivity index (χ1) is 12.5. The molecular formula is C19H36N4O2S. The monoisotopic (exact) mass is 384 g/mol. The highest BCUT2D eigenvalue weighted by Crippen LogP contribution is 2.22. The van der Waals surface area contributed by atoms with Gasteiger partial charge in [0.2, 0.25) is 0 Å². The minimum Gasteiger partial charge on any atom is -0.354 e. The van der Waals surface area contributed by atoms with Crippen LogP contribution < -0.4 is 5.32 Å². The van der Waals surface area contributed by atoms with E-state index in [2.05, 4.69) is 29.0 Å². The van der Waals surface area contributed by atoms with Gasteiger partial charge in [0.05, 0.1) is 11.5 Å². The second-order valence-electron chi connectivity index (χ2n) is 8.37. The van der Waals surface area contributed by atoms with Crippen LogP contribution in [0.15, 0.2) is 4.99 Å². The molecule has 3 atom stereocenters. The fourth-order valence-electron chi connectivity index (χ4n) is 4.31. The molecule has 3 rings (SSSR count). The van der Waals surface area contributed by atoms with E-state index in [9.17, 15) is 8.42 Å². The van der Waals surface area contributed by atoms with Crippen LogP contribution in [0.1, 0.15) is 52.4 Å². The van der Waals surface area contributed by atoms with Crippen molar-refractivity contribution in [3.63, 3.8) is 0 Å². The average Bonchev–Trinajstić information content (AvgIpc) is 3.25. The maximum atomic E-state index is 11.7. The molecule has 0 aromatic rings. The van der Waals surface area contributed by atoms with E-state index in [4.69, 9.17) is 4.99 Å². The third-order valence-electron chi connectivity index (χ3n) is 6.18. The van der Waals surface area contributed by atoms with Gasteiger partial charge in [0.15, 0.2) is 15.8 Å². The molecule has 7 heteroatoms. The zero-order valence-corrected chi connectivity index (χ0v) is 17.3. The van der Waals surface area contributed by atoms with E-state index < -0.39 is 9.84 Å². The Hall–Kier alpha value is -0.820. The van der Waals surface area contributed by atoms with Crippen molar-refractivity contribution in [1.82, 2.24) is 15.1 Å². The number of nitrogens with one attached hydrogen (secondary N) is 1. The summed E-state index contributed by atoms with van der Waals surface area (Å²) < 4.78 is 23.4. The third-order valence-corrected chi connectivity index (χ3v) is 8.02. The molecule has 0 aromatic carbocycles. The lowest BCUT2D eigenvalue weighted by atomic mass is 10.1. The molecule has 150 valence electrons. The van der Waals surface area contributed by atoms with Crippen molar-refractivity contribution in [2.24, 2.45) is 10.9 Å². The summed E-state index contributed by atoms with van der Waals surface area (Å²) in [5, 5.41) is 3.58. The molecule has 0 spiro atoms. The maximum Gasteiger partial charge on any atom is 0.194 e. The van der Waals surface area contributed by atoms with Crippen LogP contribution in [0.3, 0.4) is 0 Å². The fourth-order valence-corrected chi connectivity index (χ4v) is 6.16. The van der Waals surface area contributed by atoms with E-state index in [1.165, 1.54) is 38.8 Å². The second kappa shape index (κ2) is 8.91. The lowest BCUT2D eigenvalue weighted by Gasteiger charge is -2.32. The van der Waals surface area contributed by atoms with Crippen LogP contribution in [-0.2, 0) is 9.84 Å². The molecule has 26 heavy (non-hydrogen) atoms. The summed E-state index contributed by atoms with van der Waals surface area (Å²) in [7, 11) is -2.82. The Morgan fingerprint density at radius 3 is 2.62 bits per heavy atom. The van der Waals surface area contributed by atoms with E-state index >= 15 is 0 Å². The van der Waals surface area contributed by atoms with Crippen molar-refractivity contribution in [2.75, 3.05) is 44.2 Å². The molecule has 0 bridgehead atoms. The standard InChI is InChI=1S/C19H36N4O2S/c1-3-16(2)21-19(20-13-17-8-12-26(24,25)15-17)23-11-7-18(14-23)22-9-5-4-6-10-22/h16-18H,3-15H2,1-2H3,(H,20,21). The zero-order valence-electron chi connectivity index (χ0n) is 16.5. The number of likely N-dealkylation sites (tertiary alicyclic amines) is 2. The molecule has 0 radical (unpaired) electrons. The SMILES string of the molecule is CCC(C)NC(=NCC1CCS(=O)(=O)C1)N1CCC(N2CCCCC2)C1. The van der Waals surface area contributed by atoms with Crippen molar-refractivity contribution in [3.8, 4) is 0 Å². The summed E-state index contributed by atoms with van der Waals surface area (Å²) >= 11 is 0. The highest BCUT2D eigenvalue weighted by molar-refractivity contribution is 7.91. The summed E-state index contributed by atoms with van der Waals surface area (Å²) in [6, 6.07) is 1.03. The first-order valence-corrected chi connectivity index (χ1v) is 12.3. The number of sulfone groups is 1. The van der Waals surface area contributed by atoms with Gasteiger partial charge >= 0.3 is 0 Å². The molecule has 3 aliphatic rings. The number of rotatable bonds is 5. The van der Waals surface area contributed by atoms with Gasteiger partial charge in [-0.25, -0.2) is 8.42 Å². The molecule has 3 fully saturated rings. The van der Waals surface area contributed by atoms with Crippen LogP contribution >= 0.6 is 0 Å². The van der Waals surface area contributed by atoms with Gasteiger partial charge in [-0.2, -0.15) is 0 Å².